The minimum absolute atomic E-state index is 0.132. The fourth-order valence-corrected chi connectivity index (χ4v) is 6.17. The normalized spacial score (nSPS) is 15.7. The molecule has 2 aliphatic rings. The highest BCUT2D eigenvalue weighted by Gasteiger charge is 2.49. The molecule has 1 atom stereocenters. The molecular formula is C46H56N2O. The van der Waals surface area contributed by atoms with Crippen LogP contribution in [0.1, 0.15) is 96.7 Å². The van der Waals surface area contributed by atoms with Gasteiger partial charge in [0.1, 0.15) is 5.75 Å². The summed E-state index contributed by atoms with van der Waals surface area (Å²) in [6, 6.07) is 27.6. The van der Waals surface area contributed by atoms with Crippen LogP contribution in [0.25, 0.3) is 5.57 Å². The lowest BCUT2D eigenvalue weighted by molar-refractivity contribution is 0.415. The van der Waals surface area contributed by atoms with Crippen molar-refractivity contribution in [2.75, 3.05) is 12.4 Å². The van der Waals surface area contributed by atoms with Gasteiger partial charge in [0.15, 0.2) is 0 Å². The van der Waals surface area contributed by atoms with Gasteiger partial charge >= 0.3 is 0 Å². The SMILES string of the molecule is C/C=C\C(=C/CC)C1(c2ccc(C(C)(C)C)cc2)C2=CC=C=C=C2c2[nH]ccc21.CC.CC.COc1ccc(Nc2ccc(C)cc2)cc1. The van der Waals surface area contributed by atoms with Crippen molar-refractivity contribution in [3.63, 3.8) is 0 Å². The van der Waals surface area contributed by atoms with E-state index in [0.717, 1.165) is 34.8 Å². The van der Waals surface area contributed by atoms with E-state index in [9.17, 15) is 0 Å². The largest absolute Gasteiger partial charge is 0.497 e. The summed E-state index contributed by atoms with van der Waals surface area (Å²) in [7, 11) is 1.67. The summed E-state index contributed by atoms with van der Waals surface area (Å²) in [5.74, 6) is 0.870. The molecule has 3 nitrogen and oxygen atoms in total. The van der Waals surface area contributed by atoms with Crippen LogP contribution in [0.5, 0.6) is 5.75 Å². The first-order valence-corrected chi connectivity index (χ1v) is 17.8. The number of aromatic nitrogens is 1. The maximum Gasteiger partial charge on any atom is 0.119 e. The minimum Gasteiger partial charge on any atom is -0.497 e. The predicted octanol–water partition coefficient (Wildman–Crippen LogP) is 13.0. The topological polar surface area (TPSA) is 37.0 Å². The molecule has 0 amide bonds. The number of benzene rings is 3. The monoisotopic (exact) mass is 652 g/mol. The molecule has 0 bridgehead atoms. The maximum absolute atomic E-state index is 5.11. The number of aryl methyl sites for hydroxylation is 1. The van der Waals surface area contributed by atoms with E-state index in [-0.39, 0.29) is 10.8 Å². The van der Waals surface area contributed by atoms with E-state index in [1.54, 1.807) is 7.11 Å². The number of methoxy groups -OCH3 is 1. The zero-order valence-electron chi connectivity index (χ0n) is 31.6. The average molecular weight is 653 g/mol. The van der Waals surface area contributed by atoms with Crippen LogP contribution >= 0.6 is 0 Å². The van der Waals surface area contributed by atoms with E-state index in [0.29, 0.717) is 0 Å². The van der Waals surface area contributed by atoms with Gasteiger partial charge < -0.3 is 15.0 Å². The van der Waals surface area contributed by atoms with Crippen LogP contribution in [0.3, 0.4) is 0 Å². The molecule has 2 N–H and O–H groups in total. The molecule has 49 heavy (non-hydrogen) atoms. The van der Waals surface area contributed by atoms with Crippen molar-refractivity contribution in [1.82, 2.24) is 4.98 Å². The number of anilines is 2. The van der Waals surface area contributed by atoms with Crippen LogP contribution < -0.4 is 10.1 Å². The number of hydrogen-bond donors (Lipinski definition) is 2. The molecule has 0 spiro atoms. The first kappa shape index (κ1) is 38.5. The van der Waals surface area contributed by atoms with Gasteiger partial charge in [-0.2, -0.15) is 0 Å². The van der Waals surface area contributed by atoms with E-state index in [1.807, 2.05) is 64.2 Å². The smallest absolute Gasteiger partial charge is 0.119 e. The molecule has 6 rings (SSSR count). The summed E-state index contributed by atoms with van der Waals surface area (Å²) in [6.45, 7) is 21.2. The lowest BCUT2D eigenvalue weighted by Gasteiger charge is -2.35. The Kier molecular flexibility index (Phi) is 14.1. The van der Waals surface area contributed by atoms with Crippen LogP contribution in [0.2, 0.25) is 0 Å². The van der Waals surface area contributed by atoms with Crippen molar-refractivity contribution < 1.29 is 4.74 Å². The van der Waals surface area contributed by atoms with E-state index in [2.05, 4.69) is 142 Å². The number of aromatic amines is 1. The molecule has 0 saturated heterocycles. The Bertz CT molecular complexity index is 1830. The van der Waals surface area contributed by atoms with Gasteiger partial charge in [0.2, 0.25) is 0 Å². The Morgan fingerprint density at radius 2 is 1.49 bits per heavy atom. The number of fused-ring (bicyclic) bond motifs is 3. The summed E-state index contributed by atoms with van der Waals surface area (Å²) < 4.78 is 5.11. The highest BCUT2D eigenvalue weighted by molar-refractivity contribution is 5.93. The lowest BCUT2D eigenvalue weighted by Crippen LogP contribution is -2.29. The van der Waals surface area contributed by atoms with Crippen molar-refractivity contribution in [3.05, 3.63) is 166 Å². The molecule has 1 unspecified atom stereocenters. The van der Waals surface area contributed by atoms with Gasteiger partial charge in [0, 0.05) is 17.6 Å². The van der Waals surface area contributed by atoms with Crippen LogP contribution in [0.15, 0.2) is 138 Å². The van der Waals surface area contributed by atoms with Crippen LogP contribution in [-0.4, -0.2) is 12.1 Å². The van der Waals surface area contributed by atoms with Crippen LogP contribution in [-0.2, 0) is 10.8 Å². The second-order valence-electron chi connectivity index (χ2n) is 12.5. The molecule has 1 aromatic heterocycles. The van der Waals surface area contributed by atoms with Crippen LogP contribution in [0.4, 0.5) is 11.4 Å². The average Bonchev–Trinajstić information content (AvgIpc) is 3.72. The van der Waals surface area contributed by atoms with Crippen molar-refractivity contribution in [2.24, 2.45) is 0 Å². The quantitative estimate of drug-likeness (QED) is 0.154. The van der Waals surface area contributed by atoms with Gasteiger partial charge in [-0.15, -0.1) is 0 Å². The van der Waals surface area contributed by atoms with Crippen molar-refractivity contribution in [1.29, 1.82) is 0 Å². The molecule has 0 fully saturated rings. The predicted molar refractivity (Wildman–Crippen MR) is 213 cm³/mol. The zero-order valence-corrected chi connectivity index (χ0v) is 31.6. The van der Waals surface area contributed by atoms with Gasteiger partial charge in [0.05, 0.1) is 23.8 Å². The highest BCUT2D eigenvalue weighted by atomic mass is 16.5. The van der Waals surface area contributed by atoms with E-state index in [1.165, 1.54) is 33.4 Å². The third-order valence-electron chi connectivity index (χ3n) is 8.42. The number of allylic oxidation sites excluding steroid dienone is 8. The second kappa shape index (κ2) is 18.0. The lowest BCUT2D eigenvalue weighted by atomic mass is 9.66. The zero-order chi connectivity index (χ0) is 36.0. The van der Waals surface area contributed by atoms with E-state index < -0.39 is 0 Å². The molecule has 3 aromatic carbocycles. The summed E-state index contributed by atoms with van der Waals surface area (Å²) in [5, 5.41) is 3.33. The Morgan fingerprint density at radius 1 is 0.878 bits per heavy atom. The third-order valence-corrected chi connectivity index (χ3v) is 8.42. The second-order valence-corrected chi connectivity index (χ2v) is 12.5. The number of hydrogen-bond acceptors (Lipinski definition) is 2. The van der Waals surface area contributed by atoms with E-state index in [4.69, 9.17) is 4.74 Å². The molecule has 4 aromatic rings. The maximum atomic E-state index is 5.11. The van der Waals surface area contributed by atoms with Gasteiger partial charge in [-0.05, 0) is 108 Å². The molecule has 256 valence electrons. The third kappa shape index (κ3) is 8.57. The molecule has 0 aliphatic heterocycles. The number of rotatable bonds is 7. The summed E-state index contributed by atoms with van der Waals surface area (Å²) >= 11 is 0. The van der Waals surface area contributed by atoms with Crippen molar-refractivity contribution in [3.8, 4) is 5.75 Å². The van der Waals surface area contributed by atoms with Crippen molar-refractivity contribution in [2.45, 2.75) is 86.5 Å². The Morgan fingerprint density at radius 3 is 2.04 bits per heavy atom. The molecule has 0 radical (unpaired) electrons. The number of ether oxygens (including phenoxy) is 1. The van der Waals surface area contributed by atoms with Crippen molar-refractivity contribution >= 4 is 16.9 Å². The van der Waals surface area contributed by atoms with Gasteiger partial charge in [0.25, 0.3) is 0 Å². The summed E-state index contributed by atoms with van der Waals surface area (Å²) in [6.07, 6.45) is 14.0. The molecular weight excluding hydrogens is 597 g/mol. The molecule has 2 aliphatic carbocycles. The fourth-order valence-electron chi connectivity index (χ4n) is 6.17. The van der Waals surface area contributed by atoms with Gasteiger partial charge in [-0.3, -0.25) is 0 Å². The standard InChI is InChI=1S/C28H29N.C14H15NO.2C2H6/c1-6-10-21(11-7-2)28(22-16-14-20(15-17-22)27(3,4)5)24-13-9-8-12-23(24)26-25(28)18-19-29-26;1-11-3-5-12(6-4-11)15-13-7-9-14(16-2)10-8-13;2*1-2/h6,9-11,13-19,29H,7H2,1-5H3;3-10,15H,1-2H3;2*1-2H3/b10-6-,21-11+;;;. The van der Waals surface area contributed by atoms with E-state index >= 15 is 0 Å². The molecule has 1 heterocycles. The highest BCUT2D eigenvalue weighted by Crippen LogP contribution is 2.57. The Labute approximate surface area is 296 Å². The first-order valence-electron chi connectivity index (χ1n) is 17.8. The summed E-state index contributed by atoms with van der Waals surface area (Å²) in [4.78, 5) is 3.47. The Hall–Kier alpha value is -4.94. The number of nitrogens with one attached hydrogen (secondary N) is 2. The van der Waals surface area contributed by atoms with Gasteiger partial charge in [-0.1, -0.05) is 127 Å². The first-order chi connectivity index (χ1) is 23.7. The fraction of sp³-hybridized carbons (Fsp3) is 0.304. The summed E-state index contributed by atoms with van der Waals surface area (Å²) in [5.41, 5.74) is 18.6. The minimum atomic E-state index is -0.338. The number of H-pyrrole nitrogens is 1. The van der Waals surface area contributed by atoms with Gasteiger partial charge in [-0.25, -0.2) is 0 Å². The van der Waals surface area contributed by atoms with Crippen LogP contribution in [0, 0.1) is 6.92 Å². The Balaban J connectivity index is 0.000000275. The molecule has 0 saturated carbocycles. The molecule has 3 heteroatoms.